The predicted octanol–water partition coefficient (Wildman–Crippen LogP) is 3.54. The average molecular weight is 390 g/mol. The minimum absolute atomic E-state index is 0.0323. The summed E-state index contributed by atoms with van der Waals surface area (Å²) in [4.78, 5) is 14.4. The first-order valence-electron chi connectivity index (χ1n) is 9.45. The summed E-state index contributed by atoms with van der Waals surface area (Å²) in [5, 5.41) is 13.2. The topological polar surface area (TPSA) is 71.0 Å². The second kappa shape index (κ2) is 8.56. The van der Waals surface area contributed by atoms with Gasteiger partial charge in [0.05, 0.1) is 6.54 Å². The van der Waals surface area contributed by atoms with Gasteiger partial charge < -0.3 is 24.8 Å². The lowest BCUT2D eigenvalue weighted by molar-refractivity contribution is 0.0968. The molecule has 2 heterocycles. The summed E-state index contributed by atoms with van der Waals surface area (Å²) in [6.45, 7) is 1.73. The van der Waals surface area contributed by atoms with Crippen LogP contribution in [0.5, 0.6) is 11.5 Å². The van der Waals surface area contributed by atoms with E-state index >= 15 is 0 Å². The van der Waals surface area contributed by atoms with Gasteiger partial charge in [-0.1, -0.05) is 30.3 Å². The van der Waals surface area contributed by atoms with E-state index in [9.17, 15) is 9.90 Å². The maximum atomic E-state index is 12.6. The molecule has 0 spiro atoms. The lowest BCUT2D eigenvalue weighted by atomic mass is 10.1. The molecule has 148 valence electrons. The van der Waals surface area contributed by atoms with Gasteiger partial charge in [-0.15, -0.1) is 0 Å². The van der Waals surface area contributed by atoms with Gasteiger partial charge in [-0.2, -0.15) is 0 Å². The molecule has 4 rings (SSSR count). The third-order valence-electron chi connectivity index (χ3n) is 4.66. The Labute approximate surface area is 169 Å². The first kappa shape index (κ1) is 18.7. The van der Waals surface area contributed by atoms with Gasteiger partial charge in [-0.3, -0.25) is 4.79 Å². The van der Waals surface area contributed by atoms with Crippen LogP contribution in [-0.2, 0) is 6.54 Å². The Kier molecular flexibility index (Phi) is 5.52. The van der Waals surface area contributed by atoms with E-state index in [2.05, 4.69) is 5.32 Å². The second-order valence-corrected chi connectivity index (χ2v) is 6.73. The molecule has 2 aromatic rings. The number of aliphatic hydroxyl groups is 1. The number of carbonyl (C=O) groups is 1. The molecule has 29 heavy (non-hydrogen) atoms. The van der Waals surface area contributed by atoms with E-state index in [0.717, 1.165) is 5.56 Å². The molecule has 2 aromatic carbocycles. The summed E-state index contributed by atoms with van der Waals surface area (Å²) in [6.07, 6.45) is 7.08. The molecule has 2 aliphatic rings. The number of hydrogen-bond donors (Lipinski definition) is 2. The number of nitrogens with zero attached hydrogens (tertiary/aromatic N) is 1. The molecule has 0 aliphatic carbocycles. The van der Waals surface area contributed by atoms with Crippen molar-refractivity contribution in [2.45, 2.75) is 6.54 Å². The van der Waals surface area contributed by atoms with E-state index in [1.54, 1.807) is 47.7 Å². The molecule has 2 N–H and O–H groups in total. The van der Waals surface area contributed by atoms with E-state index in [-0.39, 0.29) is 18.2 Å². The molecule has 0 radical (unpaired) electrons. The van der Waals surface area contributed by atoms with Crippen molar-refractivity contribution < 1.29 is 19.4 Å². The number of benzene rings is 2. The normalized spacial score (nSPS) is 14.6. The molecular formula is C23H22N2O4. The van der Waals surface area contributed by atoms with Crippen molar-refractivity contribution >= 4 is 5.78 Å². The molecule has 0 atom stereocenters. The number of hydrogen-bond acceptors (Lipinski definition) is 6. The molecule has 0 unspecified atom stereocenters. The van der Waals surface area contributed by atoms with Gasteiger partial charge in [0, 0.05) is 30.1 Å². The molecule has 0 fully saturated rings. The molecule has 6 nitrogen and oxygen atoms in total. The van der Waals surface area contributed by atoms with Crippen molar-refractivity contribution in [1.29, 1.82) is 0 Å². The number of fused-ring (bicyclic) bond motifs is 1. The van der Waals surface area contributed by atoms with Crippen LogP contribution in [0.25, 0.3) is 0 Å². The molecule has 0 saturated carbocycles. The van der Waals surface area contributed by atoms with Crippen LogP contribution in [0.15, 0.2) is 84.5 Å². The van der Waals surface area contributed by atoms with Crippen molar-refractivity contribution in [3.63, 3.8) is 0 Å². The molecular weight excluding hydrogens is 368 g/mol. The zero-order chi connectivity index (χ0) is 20.1. The average Bonchev–Trinajstić information content (AvgIpc) is 2.78. The van der Waals surface area contributed by atoms with Gasteiger partial charge in [-0.25, -0.2) is 0 Å². The Bertz CT molecular complexity index is 964. The third kappa shape index (κ3) is 4.60. The summed E-state index contributed by atoms with van der Waals surface area (Å²) in [7, 11) is 0. The number of allylic oxidation sites excluding steroid dienone is 3. The van der Waals surface area contributed by atoms with Crippen LogP contribution in [0.3, 0.4) is 0 Å². The van der Waals surface area contributed by atoms with Crippen molar-refractivity contribution in [1.82, 2.24) is 10.2 Å². The fourth-order valence-electron chi connectivity index (χ4n) is 3.08. The van der Waals surface area contributed by atoms with Crippen LogP contribution in [0.4, 0.5) is 0 Å². The number of nitrogens with one attached hydrogen (secondary N) is 1. The Balaban J connectivity index is 1.35. The van der Waals surface area contributed by atoms with Crippen LogP contribution in [0.2, 0.25) is 0 Å². The monoisotopic (exact) mass is 390 g/mol. The maximum absolute atomic E-state index is 12.6. The minimum Gasteiger partial charge on any atom is -0.494 e. The van der Waals surface area contributed by atoms with Crippen molar-refractivity contribution in [3.8, 4) is 11.5 Å². The predicted molar refractivity (Wildman–Crippen MR) is 110 cm³/mol. The standard InChI is InChI=1S/C23H22N2O4/c26-20(19-6-7-21-22(14-19)29-13-12-28-21)16-25-10-8-18(9-11-25)23(27)24-15-17-4-2-1-3-5-17/h1-11,14,24,27H,12-13,15-16H2. The highest BCUT2D eigenvalue weighted by molar-refractivity contribution is 5.98. The van der Waals surface area contributed by atoms with Gasteiger partial charge in [0.15, 0.2) is 23.2 Å². The van der Waals surface area contributed by atoms with Gasteiger partial charge in [0.1, 0.15) is 13.2 Å². The maximum Gasteiger partial charge on any atom is 0.192 e. The summed E-state index contributed by atoms with van der Waals surface area (Å²) in [6, 6.07) is 15.1. The summed E-state index contributed by atoms with van der Waals surface area (Å²) < 4.78 is 11.0. The van der Waals surface area contributed by atoms with Crippen LogP contribution in [0.1, 0.15) is 15.9 Å². The third-order valence-corrected chi connectivity index (χ3v) is 4.66. The molecule has 0 aromatic heterocycles. The Hall–Kier alpha value is -3.67. The van der Waals surface area contributed by atoms with Crippen molar-refractivity contribution in [2.75, 3.05) is 19.8 Å². The van der Waals surface area contributed by atoms with Gasteiger partial charge in [-0.05, 0) is 35.9 Å². The van der Waals surface area contributed by atoms with Crippen LogP contribution in [-0.4, -0.2) is 35.5 Å². The van der Waals surface area contributed by atoms with Crippen molar-refractivity contribution in [2.24, 2.45) is 0 Å². The number of ether oxygens (including phenoxy) is 2. The Morgan fingerprint density at radius 3 is 2.48 bits per heavy atom. The van der Waals surface area contributed by atoms with E-state index in [1.807, 2.05) is 30.3 Å². The fourth-order valence-corrected chi connectivity index (χ4v) is 3.08. The van der Waals surface area contributed by atoms with Crippen LogP contribution < -0.4 is 14.8 Å². The van der Waals surface area contributed by atoms with Gasteiger partial charge in [0.25, 0.3) is 0 Å². The fraction of sp³-hybridized carbons (Fsp3) is 0.174. The lowest BCUT2D eigenvalue weighted by Gasteiger charge is -2.20. The first-order valence-corrected chi connectivity index (χ1v) is 9.45. The van der Waals surface area contributed by atoms with Gasteiger partial charge in [0.2, 0.25) is 0 Å². The first-order chi connectivity index (χ1) is 14.2. The second-order valence-electron chi connectivity index (χ2n) is 6.73. The molecule has 0 saturated heterocycles. The number of Topliss-reactive ketones (excluding diaryl/α,β-unsaturated/α-hetero) is 1. The van der Waals surface area contributed by atoms with E-state index in [4.69, 9.17) is 9.47 Å². The number of ketones is 1. The van der Waals surface area contributed by atoms with Crippen LogP contribution >= 0.6 is 0 Å². The van der Waals surface area contributed by atoms with E-state index in [1.165, 1.54) is 0 Å². The van der Waals surface area contributed by atoms with Gasteiger partial charge >= 0.3 is 0 Å². The summed E-state index contributed by atoms with van der Waals surface area (Å²) in [5.74, 6) is 1.33. The summed E-state index contributed by atoms with van der Waals surface area (Å²) in [5.41, 5.74) is 2.31. The number of aliphatic hydroxyl groups excluding tert-OH is 1. The molecule has 0 bridgehead atoms. The quantitative estimate of drug-likeness (QED) is 0.581. The Morgan fingerprint density at radius 2 is 1.72 bits per heavy atom. The largest absolute Gasteiger partial charge is 0.494 e. The molecule has 6 heteroatoms. The molecule has 2 aliphatic heterocycles. The highest BCUT2D eigenvalue weighted by Gasteiger charge is 2.16. The minimum atomic E-state index is -0.0323. The number of carbonyl (C=O) groups excluding carboxylic acids is 1. The van der Waals surface area contributed by atoms with E-state index in [0.29, 0.717) is 42.4 Å². The highest BCUT2D eigenvalue weighted by atomic mass is 16.6. The Morgan fingerprint density at radius 1 is 1.00 bits per heavy atom. The van der Waals surface area contributed by atoms with Crippen LogP contribution in [0, 0.1) is 0 Å². The summed E-state index contributed by atoms with van der Waals surface area (Å²) >= 11 is 0. The van der Waals surface area contributed by atoms with Crippen molar-refractivity contribution in [3.05, 3.63) is 95.7 Å². The smallest absolute Gasteiger partial charge is 0.192 e. The van der Waals surface area contributed by atoms with E-state index < -0.39 is 0 Å². The lowest BCUT2D eigenvalue weighted by Crippen LogP contribution is -2.23. The zero-order valence-corrected chi connectivity index (χ0v) is 15.9. The highest BCUT2D eigenvalue weighted by Crippen LogP contribution is 2.31. The zero-order valence-electron chi connectivity index (χ0n) is 15.9. The molecule has 0 amide bonds. The SMILES string of the molecule is O=C(CN1C=CC(=C(O)NCc2ccccc2)C=C1)c1ccc2c(c1)OCCO2. The number of rotatable bonds is 6.